The number of aromatic nitrogens is 4. The zero-order valence-electron chi connectivity index (χ0n) is 38.3. The molecule has 20 nitrogen and oxygen atoms in total. The molecule has 2 aromatic heterocycles. The van der Waals surface area contributed by atoms with Crippen LogP contribution in [0.4, 0.5) is 0 Å². The molecule has 0 amide bonds. The van der Waals surface area contributed by atoms with Gasteiger partial charge < -0.3 is 38.2 Å². The molecule has 0 spiro atoms. The van der Waals surface area contributed by atoms with Crippen LogP contribution in [0.15, 0.2) is 94.8 Å². The number of carbonyl (C=O) groups is 2. The SMILES string of the molecule is CC(C)OC(=O)[C@H](C)CP(=O)(OC[C@H]1O[C@@H](n2ccc(=O)[nH]c2=S)C[C@H]1O)Oc1ccccc1.CC(C)OC(=O)[C@H](C)CP(=O)(OC[C@H]1O[C@@H](n2ccc(=S)[nH]c2=O)C[C@H]1O)Oc1ccccc1. The summed E-state index contributed by atoms with van der Waals surface area (Å²) in [6.45, 7) is 9.55. The van der Waals surface area contributed by atoms with E-state index >= 15 is 0 Å². The second-order valence-corrected chi connectivity index (χ2v) is 21.5. The van der Waals surface area contributed by atoms with E-state index in [0.717, 1.165) is 0 Å². The van der Waals surface area contributed by atoms with Gasteiger partial charge in [0.15, 0.2) is 4.77 Å². The first-order valence-electron chi connectivity index (χ1n) is 21.8. The topological polar surface area (TPSA) is 258 Å². The third-order valence-electron chi connectivity index (χ3n) is 10.1. The highest BCUT2D eigenvalue weighted by Crippen LogP contribution is 2.52. The number of hydrogen-bond donors (Lipinski definition) is 4. The van der Waals surface area contributed by atoms with Crippen molar-refractivity contribution in [3.05, 3.63) is 115 Å². The standard InChI is InChI=1S/2C22H29N2O8PS/c1-14(2)30-21(26)15(3)13-33(28,32-16-7-5-4-6-8-16)29-12-18-17(25)11-20(31-18)24-10-9-19(34)23-22(24)27;1-14(2)30-21(27)15(3)13-33(28,32-16-7-5-4-6-8-16)29-12-18-17(25)11-20(31-18)24-10-9-19(26)23-22(24)34/h4-10,14-15,17-18,20,25H,11-13H2,1-3H3,(H,23,27,34);4-10,14-15,17-18,20,25H,11-13H2,1-3H3,(H,23,26,34)/t2*15-,17-,18-,20-,33?/m11/s1. The molecule has 2 unspecified atom stereocenters. The van der Waals surface area contributed by atoms with Crippen LogP contribution in [0.1, 0.15) is 66.8 Å². The number of H-pyrrole nitrogens is 2. The molecule has 0 aliphatic carbocycles. The Morgan fingerprint density at radius 3 is 1.51 bits per heavy atom. The average molecular weight is 1030 g/mol. The molecular formula is C44H58N4O16P2S2. The van der Waals surface area contributed by atoms with Crippen molar-refractivity contribution in [2.45, 2.75) is 103 Å². The molecule has 6 rings (SSSR count). The van der Waals surface area contributed by atoms with E-state index in [9.17, 15) is 38.5 Å². The first kappa shape index (κ1) is 54.3. The molecule has 4 N–H and O–H groups in total. The minimum Gasteiger partial charge on any atom is -0.463 e. The summed E-state index contributed by atoms with van der Waals surface area (Å²) in [6, 6.07) is 19.8. The number of aliphatic hydroxyl groups is 2. The third-order valence-corrected chi connectivity index (χ3v) is 14.7. The number of esters is 2. The van der Waals surface area contributed by atoms with Crippen molar-refractivity contribution in [2.75, 3.05) is 25.5 Å². The van der Waals surface area contributed by atoms with Gasteiger partial charge in [-0.2, -0.15) is 0 Å². The monoisotopic (exact) mass is 1020 g/mol. The van der Waals surface area contributed by atoms with Gasteiger partial charge in [-0.25, -0.2) is 13.9 Å². The molecule has 2 fully saturated rings. The molecular weight excluding hydrogens is 967 g/mol. The van der Waals surface area contributed by atoms with Gasteiger partial charge in [0.2, 0.25) is 0 Å². The molecule has 24 heteroatoms. The fraction of sp³-hybridized carbons (Fsp3) is 0.500. The Bertz CT molecular complexity index is 2450. The summed E-state index contributed by atoms with van der Waals surface area (Å²) < 4.78 is 75.3. The normalized spacial score (nSPS) is 22.8. The van der Waals surface area contributed by atoms with Crippen LogP contribution < -0.4 is 20.3 Å². The molecule has 4 heterocycles. The van der Waals surface area contributed by atoms with Gasteiger partial charge >= 0.3 is 32.8 Å². The predicted molar refractivity (Wildman–Crippen MR) is 253 cm³/mol. The van der Waals surface area contributed by atoms with Crippen molar-refractivity contribution in [2.24, 2.45) is 11.8 Å². The molecule has 2 aromatic carbocycles. The molecule has 0 radical (unpaired) electrons. The zero-order valence-corrected chi connectivity index (χ0v) is 41.7. The second kappa shape index (κ2) is 24.8. The first-order chi connectivity index (χ1) is 32.1. The molecule has 10 atom stereocenters. The van der Waals surface area contributed by atoms with Gasteiger partial charge in [-0.3, -0.25) is 42.5 Å². The molecule has 2 saturated heterocycles. The Hall–Kier alpha value is -4.60. The lowest BCUT2D eigenvalue weighted by Crippen LogP contribution is -2.29. The lowest BCUT2D eigenvalue weighted by atomic mass is 10.2. The van der Waals surface area contributed by atoms with Crippen molar-refractivity contribution in [3.63, 3.8) is 0 Å². The summed E-state index contributed by atoms with van der Waals surface area (Å²) in [6.07, 6.45) is -2.81. The van der Waals surface area contributed by atoms with Gasteiger partial charge in [0.05, 0.1) is 61.8 Å². The van der Waals surface area contributed by atoms with E-state index in [2.05, 4.69) is 9.97 Å². The Balaban J connectivity index is 0.000000254. The maximum absolute atomic E-state index is 13.6. The lowest BCUT2D eigenvalue weighted by molar-refractivity contribution is -0.152. The van der Waals surface area contributed by atoms with Crippen molar-refractivity contribution in [1.29, 1.82) is 0 Å². The van der Waals surface area contributed by atoms with Crippen molar-refractivity contribution < 1.29 is 66.0 Å². The number of benzene rings is 2. The lowest BCUT2D eigenvalue weighted by Gasteiger charge is -2.24. The number of carbonyl (C=O) groups excluding carboxylic acids is 2. The average Bonchev–Trinajstić information content (AvgIpc) is 3.83. The number of para-hydroxylation sites is 2. The largest absolute Gasteiger partial charge is 0.463 e. The van der Waals surface area contributed by atoms with Crippen molar-refractivity contribution in [1.82, 2.24) is 19.1 Å². The van der Waals surface area contributed by atoms with Crippen LogP contribution in [0.5, 0.6) is 11.5 Å². The van der Waals surface area contributed by atoms with E-state index in [-0.39, 0.29) is 65.6 Å². The zero-order chi connectivity index (χ0) is 49.8. The van der Waals surface area contributed by atoms with E-state index in [1.165, 1.54) is 33.7 Å². The number of ether oxygens (including phenoxy) is 4. The summed E-state index contributed by atoms with van der Waals surface area (Å²) in [5.41, 5.74) is -0.814. The Morgan fingerprint density at radius 1 is 0.676 bits per heavy atom. The van der Waals surface area contributed by atoms with Crippen LogP contribution in [0.2, 0.25) is 0 Å². The van der Waals surface area contributed by atoms with Crippen molar-refractivity contribution in [3.8, 4) is 11.5 Å². The van der Waals surface area contributed by atoms with Crippen molar-refractivity contribution >= 4 is 51.6 Å². The first-order valence-corrected chi connectivity index (χ1v) is 26.1. The van der Waals surface area contributed by atoms with E-state index in [0.29, 0.717) is 11.5 Å². The summed E-state index contributed by atoms with van der Waals surface area (Å²) >= 11 is 10.1. The smallest absolute Gasteiger partial charge is 0.380 e. The number of hydrogen-bond acceptors (Lipinski definition) is 18. The summed E-state index contributed by atoms with van der Waals surface area (Å²) in [5.74, 6) is -1.91. The number of nitrogens with one attached hydrogen (secondary N) is 2. The quantitative estimate of drug-likeness (QED) is 0.0400. The maximum atomic E-state index is 13.6. The molecule has 0 bridgehead atoms. The van der Waals surface area contributed by atoms with Crippen LogP contribution in [-0.4, -0.2) is 103 Å². The molecule has 0 saturated carbocycles. The van der Waals surface area contributed by atoms with Gasteiger partial charge in [0.25, 0.3) is 5.56 Å². The fourth-order valence-electron chi connectivity index (χ4n) is 6.79. The van der Waals surface area contributed by atoms with Gasteiger partial charge in [0, 0.05) is 31.3 Å². The van der Waals surface area contributed by atoms with Crippen LogP contribution in [0, 0.1) is 21.2 Å². The van der Waals surface area contributed by atoms with E-state index in [4.69, 9.17) is 61.5 Å². The second-order valence-electron chi connectivity index (χ2n) is 16.7. The number of rotatable bonds is 20. The van der Waals surface area contributed by atoms with Crippen LogP contribution in [0.25, 0.3) is 0 Å². The van der Waals surface area contributed by atoms with Crippen LogP contribution >= 0.6 is 39.6 Å². The fourth-order valence-corrected chi connectivity index (χ4v) is 11.0. The maximum Gasteiger partial charge on any atom is 0.380 e. The minimum atomic E-state index is -3.86. The molecule has 2 aliphatic heterocycles. The third kappa shape index (κ3) is 16.3. The number of nitrogens with zero attached hydrogens (tertiary/aromatic N) is 2. The van der Waals surface area contributed by atoms with Gasteiger partial charge in [-0.15, -0.1) is 0 Å². The Kier molecular flexibility index (Phi) is 19.8. The van der Waals surface area contributed by atoms with Gasteiger partial charge in [-0.05, 0) is 70.2 Å². The van der Waals surface area contributed by atoms with E-state index in [1.54, 1.807) is 102 Å². The van der Waals surface area contributed by atoms with Gasteiger partial charge in [-0.1, -0.05) is 62.5 Å². The predicted octanol–water partition coefficient (Wildman–Crippen LogP) is 6.86. The highest BCUT2D eigenvalue weighted by molar-refractivity contribution is 7.71. The van der Waals surface area contributed by atoms with E-state index in [1.807, 2.05) is 0 Å². The van der Waals surface area contributed by atoms with Crippen LogP contribution in [0.3, 0.4) is 0 Å². The van der Waals surface area contributed by atoms with Gasteiger partial charge in [0.1, 0.15) is 40.8 Å². The Morgan fingerprint density at radius 2 is 1.10 bits per heavy atom. The number of aliphatic hydroxyl groups excluding tert-OH is 2. The molecule has 4 aromatic rings. The van der Waals surface area contributed by atoms with Crippen LogP contribution in [-0.2, 0) is 46.7 Å². The summed E-state index contributed by atoms with van der Waals surface area (Å²) in [7, 11) is -7.71. The highest BCUT2D eigenvalue weighted by Gasteiger charge is 2.41. The molecule has 68 heavy (non-hydrogen) atoms. The minimum absolute atomic E-state index is 0.125. The summed E-state index contributed by atoms with van der Waals surface area (Å²) in [5, 5.41) is 21.0. The number of aromatic amines is 2. The molecule has 2 aliphatic rings. The Labute approximate surface area is 402 Å². The van der Waals surface area contributed by atoms with E-state index < -0.39 is 81.5 Å². The summed E-state index contributed by atoms with van der Waals surface area (Å²) in [4.78, 5) is 53.2. The molecule has 372 valence electrons. The highest BCUT2D eigenvalue weighted by atomic mass is 32.1.